The second kappa shape index (κ2) is 9.13. The number of hydrogen-bond acceptors (Lipinski definition) is 6. The van der Waals surface area contributed by atoms with Gasteiger partial charge in [-0.3, -0.25) is 14.5 Å². The Labute approximate surface area is 192 Å². The Kier molecular flexibility index (Phi) is 6.26. The zero-order valence-electron chi connectivity index (χ0n) is 19.3. The fraction of sp³-hybridized carbons (Fsp3) is 0.400. The van der Waals surface area contributed by atoms with Crippen molar-refractivity contribution in [2.24, 2.45) is 11.8 Å². The first-order valence-corrected chi connectivity index (χ1v) is 11.2. The van der Waals surface area contributed by atoms with Gasteiger partial charge in [0.2, 0.25) is 11.9 Å². The van der Waals surface area contributed by atoms with Crippen molar-refractivity contribution >= 4 is 28.9 Å². The van der Waals surface area contributed by atoms with Crippen LogP contribution in [0.4, 0.5) is 5.95 Å². The first-order chi connectivity index (χ1) is 15.9. The summed E-state index contributed by atoms with van der Waals surface area (Å²) in [5, 5.41) is 10.1. The fourth-order valence-corrected chi connectivity index (χ4v) is 4.33. The van der Waals surface area contributed by atoms with Gasteiger partial charge in [-0.25, -0.2) is 4.98 Å². The Bertz CT molecular complexity index is 1190. The van der Waals surface area contributed by atoms with Gasteiger partial charge in [0, 0.05) is 6.54 Å². The van der Waals surface area contributed by atoms with Crippen molar-refractivity contribution in [2.75, 3.05) is 25.2 Å². The summed E-state index contributed by atoms with van der Waals surface area (Å²) >= 11 is 0. The first-order valence-electron chi connectivity index (χ1n) is 11.2. The van der Waals surface area contributed by atoms with Crippen molar-refractivity contribution in [3.63, 3.8) is 0 Å². The molecule has 1 N–H and O–H groups in total. The van der Waals surface area contributed by atoms with Crippen LogP contribution in [-0.2, 0) is 14.3 Å². The number of aromatic hydroxyl groups is 1. The summed E-state index contributed by atoms with van der Waals surface area (Å²) in [7, 11) is 1.46. The van der Waals surface area contributed by atoms with Crippen molar-refractivity contribution < 1.29 is 24.2 Å². The predicted octanol–water partition coefficient (Wildman–Crippen LogP) is 3.91. The highest BCUT2D eigenvalue weighted by Crippen LogP contribution is 2.43. The largest absolute Gasteiger partial charge is 0.504 e. The van der Waals surface area contributed by atoms with Crippen LogP contribution in [0.5, 0.6) is 11.5 Å². The molecular formula is C25H29N3O5. The highest BCUT2D eigenvalue weighted by molar-refractivity contribution is 6.08. The monoisotopic (exact) mass is 451 g/mol. The molecular weight excluding hydrogens is 422 g/mol. The van der Waals surface area contributed by atoms with Gasteiger partial charge in [-0.05, 0) is 49.1 Å². The van der Waals surface area contributed by atoms with E-state index >= 15 is 0 Å². The molecule has 174 valence electrons. The quantitative estimate of drug-likeness (QED) is 0.432. The van der Waals surface area contributed by atoms with Gasteiger partial charge in [0.05, 0.1) is 30.8 Å². The van der Waals surface area contributed by atoms with Gasteiger partial charge in [0.25, 0.3) is 0 Å². The first kappa shape index (κ1) is 22.6. The molecule has 0 unspecified atom stereocenters. The summed E-state index contributed by atoms with van der Waals surface area (Å²) in [6.07, 6.45) is 0.766. The molecule has 0 aliphatic carbocycles. The molecule has 0 saturated heterocycles. The number of phenolic OH excluding ortho intramolecular Hbond substituents is 1. The maximum atomic E-state index is 13.8. The van der Waals surface area contributed by atoms with Crippen LogP contribution < -0.4 is 9.64 Å². The molecule has 0 bridgehead atoms. The number of para-hydroxylation sites is 2. The minimum Gasteiger partial charge on any atom is -0.504 e. The van der Waals surface area contributed by atoms with Crippen LogP contribution in [0, 0.1) is 11.8 Å². The lowest BCUT2D eigenvalue weighted by Crippen LogP contribution is -2.50. The number of amides is 1. The molecule has 8 nitrogen and oxygen atoms in total. The van der Waals surface area contributed by atoms with Gasteiger partial charge in [0.15, 0.2) is 17.4 Å². The van der Waals surface area contributed by atoms with Crippen molar-refractivity contribution in [3.8, 4) is 11.5 Å². The second-order valence-electron chi connectivity index (χ2n) is 8.55. The maximum absolute atomic E-state index is 13.8. The molecule has 2 aromatic carbocycles. The average Bonchev–Trinajstić information content (AvgIpc) is 3.17. The van der Waals surface area contributed by atoms with E-state index in [-0.39, 0.29) is 24.0 Å². The summed E-state index contributed by atoms with van der Waals surface area (Å²) in [5.41, 5.74) is 2.18. The predicted molar refractivity (Wildman–Crippen MR) is 124 cm³/mol. The van der Waals surface area contributed by atoms with E-state index in [1.165, 1.54) is 13.2 Å². The number of hydrogen-bond donors (Lipinski definition) is 1. The van der Waals surface area contributed by atoms with E-state index in [0.717, 1.165) is 17.5 Å². The highest BCUT2D eigenvalue weighted by atomic mass is 16.5. The Hall–Kier alpha value is -3.55. The van der Waals surface area contributed by atoms with E-state index in [1.807, 2.05) is 28.8 Å². The molecule has 0 spiro atoms. The molecule has 1 aromatic heterocycles. The zero-order valence-corrected chi connectivity index (χ0v) is 19.3. The number of fused-ring (bicyclic) bond motifs is 3. The number of esters is 1. The lowest BCUT2D eigenvalue weighted by molar-refractivity contribution is -0.153. The van der Waals surface area contributed by atoms with Crippen LogP contribution in [-0.4, -0.2) is 46.8 Å². The van der Waals surface area contributed by atoms with Crippen LogP contribution >= 0.6 is 0 Å². The molecule has 0 fully saturated rings. The number of aromatic nitrogens is 2. The van der Waals surface area contributed by atoms with Gasteiger partial charge in [-0.1, -0.05) is 32.0 Å². The molecule has 8 heteroatoms. The average molecular weight is 452 g/mol. The van der Waals surface area contributed by atoms with Crippen LogP contribution in [0.3, 0.4) is 0 Å². The van der Waals surface area contributed by atoms with E-state index in [1.54, 1.807) is 24.0 Å². The highest BCUT2D eigenvalue weighted by Gasteiger charge is 2.47. The van der Waals surface area contributed by atoms with Gasteiger partial charge in [-0.2, -0.15) is 0 Å². The summed E-state index contributed by atoms with van der Waals surface area (Å²) in [4.78, 5) is 33.4. The fourth-order valence-electron chi connectivity index (χ4n) is 4.33. The molecule has 0 saturated carbocycles. The van der Waals surface area contributed by atoms with E-state index in [2.05, 4.69) is 13.8 Å². The number of rotatable bonds is 7. The van der Waals surface area contributed by atoms with Crippen molar-refractivity contribution in [1.82, 2.24) is 9.55 Å². The molecule has 33 heavy (non-hydrogen) atoms. The summed E-state index contributed by atoms with van der Waals surface area (Å²) in [6.45, 7) is 6.51. The number of methoxy groups -OCH3 is 1. The van der Waals surface area contributed by atoms with Gasteiger partial charge in [0.1, 0.15) is 0 Å². The van der Waals surface area contributed by atoms with E-state index in [4.69, 9.17) is 14.5 Å². The minimum absolute atomic E-state index is 0.0228. The van der Waals surface area contributed by atoms with Crippen molar-refractivity contribution in [3.05, 3.63) is 48.0 Å². The lowest BCUT2D eigenvalue weighted by atomic mass is 9.89. The minimum atomic E-state index is -1.10. The van der Waals surface area contributed by atoms with E-state index in [9.17, 15) is 14.7 Å². The molecule has 1 aliphatic heterocycles. The smallest absolute Gasteiger partial charge is 0.321 e. The van der Waals surface area contributed by atoms with Crippen LogP contribution in [0.2, 0.25) is 0 Å². The SMILES string of the molecule is CCOC(=O)[C@@H]1C(=O)N(CCC(C)C)c2nc3ccccc3n2[C@H]1c1ccc(O)c(OC)c1. The Morgan fingerprint density at radius 2 is 1.97 bits per heavy atom. The van der Waals surface area contributed by atoms with E-state index < -0.39 is 17.9 Å². The molecule has 1 aliphatic rings. The molecule has 4 rings (SSSR count). The zero-order chi connectivity index (χ0) is 23.7. The lowest BCUT2D eigenvalue weighted by Gasteiger charge is -2.38. The third kappa shape index (κ3) is 4.01. The van der Waals surface area contributed by atoms with E-state index in [0.29, 0.717) is 24.0 Å². The number of imidazole rings is 1. The van der Waals surface area contributed by atoms with Gasteiger partial charge >= 0.3 is 5.97 Å². The molecule has 2 heterocycles. The van der Waals surface area contributed by atoms with Crippen LogP contribution in [0.1, 0.15) is 38.8 Å². The third-order valence-electron chi connectivity index (χ3n) is 5.96. The molecule has 1 amide bonds. The van der Waals surface area contributed by atoms with Gasteiger partial charge in [-0.15, -0.1) is 0 Å². The molecule has 0 radical (unpaired) electrons. The Morgan fingerprint density at radius 1 is 1.21 bits per heavy atom. The number of benzene rings is 2. The topological polar surface area (TPSA) is 93.9 Å². The van der Waals surface area contributed by atoms with Crippen LogP contribution in [0.25, 0.3) is 11.0 Å². The number of nitrogens with zero attached hydrogens (tertiary/aromatic N) is 3. The summed E-state index contributed by atoms with van der Waals surface area (Å²) in [5.74, 6) is -0.917. The number of anilines is 1. The standard InChI is InChI=1S/C25H29N3O5/c1-5-33-24(31)21-22(16-10-11-19(29)20(14-16)32-4)28-18-9-7-6-8-17(18)26-25(28)27(23(21)30)13-12-15(2)3/h6-11,14-15,21-22,29H,5,12-13H2,1-4H3/t21-,22-/m0/s1. The number of ether oxygens (including phenoxy) is 2. The maximum Gasteiger partial charge on any atom is 0.321 e. The summed E-state index contributed by atoms with van der Waals surface area (Å²) in [6, 6.07) is 11.8. The van der Waals surface area contributed by atoms with Gasteiger partial charge < -0.3 is 19.1 Å². The third-order valence-corrected chi connectivity index (χ3v) is 5.96. The summed E-state index contributed by atoms with van der Waals surface area (Å²) < 4.78 is 12.6. The Balaban J connectivity index is 1.98. The van der Waals surface area contributed by atoms with Crippen LogP contribution in [0.15, 0.2) is 42.5 Å². The Morgan fingerprint density at radius 3 is 2.67 bits per heavy atom. The molecule has 2 atom stereocenters. The second-order valence-corrected chi connectivity index (χ2v) is 8.55. The number of carbonyl (C=O) groups is 2. The van der Waals surface area contributed by atoms with Crippen molar-refractivity contribution in [2.45, 2.75) is 33.2 Å². The van der Waals surface area contributed by atoms with Crippen molar-refractivity contribution in [1.29, 1.82) is 0 Å². The normalized spacial score (nSPS) is 18.0. The molecule has 3 aromatic rings. The number of carbonyl (C=O) groups excluding carboxylic acids is 2. The number of phenols is 1.